The van der Waals surface area contributed by atoms with E-state index in [0.29, 0.717) is 17.1 Å². The van der Waals surface area contributed by atoms with Gasteiger partial charge in [-0.2, -0.15) is 0 Å². The van der Waals surface area contributed by atoms with Gasteiger partial charge in [0.15, 0.2) is 0 Å². The quantitative estimate of drug-likeness (QED) is 0.910. The van der Waals surface area contributed by atoms with E-state index >= 15 is 0 Å². The topological polar surface area (TPSA) is 71.5 Å². The third-order valence-electron chi connectivity index (χ3n) is 4.03. The van der Waals surface area contributed by atoms with E-state index in [1.165, 1.54) is 0 Å². The van der Waals surface area contributed by atoms with Crippen LogP contribution in [0.2, 0.25) is 0 Å². The van der Waals surface area contributed by atoms with Crippen LogP contribution in [0, 0.1) is 0 Å². The molecule has 5 heteroatoms. The standard InChI is InChI=1S/C18H20N2O3/c21-17-7-2-1-6-16(17)20-18(22)13-4-3-5-15(12-13)23-14-8-10-19-11-9-14/h3-5,8-12,16-17,21H,1-2,6-7H2,(H,20,22). The molecule has 1 amide bonds. The normalized spacial score (nSPS) is 20.7. The second-order valence-corrected chi connectivity index (χ2v) is 5.74. The molecular formula is C18H20N2O3. The fraction of sp³-hybridized carbons (Fsp3) is 0.333. The number of nitrogens with zero attached hydrogens (tertiary/aromatic N) is 1. The lowest BCUT2D eigenvalue weighted by molar-refractivity contribution is 0.0717. The number of hydrogen-bond acceptors (Lipinski definition) is 4. The van der Waals surface area contributed by atoms with E-state index in [2.05, 4.69) is 10.3 Å². The van der Waals surface area contributed by atoms with Gasteiger partial charge in [0, 0.05) is 18.0 Å². The molecule has 120 valence electrons. The molecule has 1 heterocycles. The molecule has 2 N–H and O–H groups in total. The Morgan fingerprint density at radius 2 is 1.91 bits per heavy atom. The third kappa shape index (κ3) is 4.07. The molecule has 2 aromatic rings. The average Bonchev–Trinajstić information content (AvgIpc) is 2.58. The summed E-state index contributed by atoms with van der Waals surface area (Å²) in [6, 6.07) is 10.4. The summed E-state index contributed by atoms with van der Waals surface area (Å²) >= 11 is 0. The summed E-state index contributed by atoms with van der Waals surface area (Å²) in [4.78, 5) is 16.3. The highest BCUT2D eigenvalue weighted by Crippen LogP contribution is 2.22. The predicted molar refractivity (Wildman–Crippen MR) is 86.5 cm³/mol. The zero-order chi connectivity index (χ0) is 16.1. The number of hydrogen-bond donors (Lipinski definition) is 2. The number of aliphatic hydroxyl groups is 1. The van der Waals surface area contributed by atoms with E-state index in [0.717, 1.165) is 25.7 Å². The molecule has 1 aromatic carbocycles. The Balaban J connectivity index is 1.67. The van der Waals surface area contributed by atoms with Crippen LogP contribution in [-0.4, -0.2) is 28.1 Å². The van der Waals surface area contributed by atoms with Gasteiger partial charge in [-0.15, -0.1) is 0 Å². The number of carbonyl (C=O) groups is 1. The number of benzene rings is 1. The summed E-state index contributed by atoms with van der Waals surface area (Å²) in [5.41, 5.74) is 0.523. The lowest BCUT2D eigenvalue weighted by Gasteiger charge is -2.28. The van der Waals surface area contributed by atoms with Gasteiger partial charge in [0.05, 0.1) is 12.1 Å². The molecule has 5 nitrogen and oxygen atoms in total. The number of ether oxygens (including phenoxy) is 1. The van der Waals surface area contributed by atoms with Gasteiger partial charge in [-0.05, 0) is 43.2 Å². The lowest BCUT2D eigenvalue weighted by atomic mass is 9.92. The van der Waals surface area contributed by atoms with E-state index in [4.69, 9.17) is 4.74 Å². The van der Waals surface area contributed by atoms with Crippen LogP contribution in [-0.2, 0) is 0 Å². The second-order valence-electron chi connectivity index (χ2n) is 5.74. The number of aromatic nitrogens is 1. The fourth-order valence-electron chi connectivity index (χ4n) is 2.77. The highest BCUT2D eigenvalue weighted by Gasteiger charge is 2.24. The number of pyridine rings is 1. The molecule has 0 bridgehead atoms. The predicted octanol–water partition coefficient (Wildman–Crippen LogP) is 2.91. The van der Waals surface area contributed by atoms with Gasteiger partial charge in [-0.3, -0.25) is 9.78 Å². The van der Waals surface area contributed by atoms with Gasteiger partial charge in [-0.25, -0.2) is 0 Å². The minimum atomic E-state index is -0.455. The summed E-state index contributed by atoms with van der Waals surface area (Å²) in [6.07, 6.45) is 6.46. The van der Waals surface area contributed by atoms with E-state index in [1.54, 1.807) is 48.8 Å². The molecule has 2 unspecified atom stereocenters. The molecule has 0 aliphatic heterocycles. The summed E-state index contributed by atoms with van der Waals surface area (Å²) in [6.45, 7) is 0. The Morgan fingerprint density at radius 1 is 1.13 bits per heavy atom. The fourth-order valence-corrected chi connectivity index (χ4v) is 2.77. The molecule has 1 aromatic heterocycles. The smallest absolute Gasteiger partial charge is 0.251 e. The van der Waals surface area contributed by atoms with Crippen LogP contribution >= 0.6 is 0 Å². The van der Waals surface area contributed by atoms with E-state index in [-0.39, 0.29) is 11.9 Å². The second kappa shape index (κ2) is 7.24. The van der Waals surface area contributed by atoms with Gasteiger partial charge in [0.25, 0.3) is 5.91 Å². The number of amides is 1. The Hall–Kier alpha value is -2.40. The Kier molecular flexibility index (Phi) is 4.88. The van der Waals surface area contributed by atoms with Crippen molar-refractivity contribution in [3.05, 3.63) is 54.4 Å². The highest BCUT2D eigenvalue weighted by molar-refractivity contribution is 5.94. The first kappa shape index (κ1) is 15.5. The van der Waals surface area contributed by atoms with Crippen LogP contribution in [0.3, 0.4) is 0 Å². The Bertz CT molecular complexity index is 660. The van der Waals surface area contributed by atoms with Crippen molar-refractivity contribution < 1.29 is 14.6 Å². The number of carbonyl (C=O) groups excluding carboxylic acids is 1. The largest absolute Gasteiger partial charge is 0.457 e. The average molecular weight is 312 g/mol. The number of aliphatic hydroxyl groups excluding tert-OH is 1. The van der Waals surface area contributed by atoms with Crippen LogP contribution in [0.25, 0.3) is 0 Å². The minimum absolute atomic E-state index is 0.166. The molecule has 1 saturated carbocycles. The minimum Gasteiger partial charge on any atom is -0.457 e. The zero-order valence-corrected chi connectivity index (χ0v) is 12.8. The third-order valence-corrected chi connectivity index (χ3v) is 4.03. The van der Waals surface area contributed by atoms with Gasteiger partial charge in [-0.1, -0.05) is 18.9 Å². The van der Waals surface area contributed by atoms with Crippen molar-refractivity contribution >= 4 is 5.91 Å². The van der Waals surface area contributed by atoms with Crippen LogP contribution < -0.4 is 10.1 Å². The van der Waals surface area contributed by atoms with E-state index in [9.17, 15) is 9.90 Å². The Morgan fingerprint density at radius 3 is 2.70 bits per heavy atom. The van der Waals surface area contributed by atoms with Crippen molar-refractivity contribution in [2.75, 3.05) is 0 Å². The van der Waals surface area contributed by atoms with Crippen LogP contribution in [0.1, 0.15) is 36.0 Å². The van der Waals surface area contributed by atoms with Crippen LogP contribution in [0.15, 0.2) is 48.8 Å². The van der Waals surface area contributed by atoms with Gasteiger partial charge in [0.1, 0.15) is 11.5 Å². The zero-order valence-electron chi connectivity index (χ0n) is 12.8. The molecule has 1 fully saturated rings. The first-order valence-electron chi connectivity index (χ1n) is 7.89. The monoisotopic (exact) mass is 312 g/mol. The van der Waals surface area contributed by atoms with Gasteiger partial charge >= 0.3 is 0 Å². The molecule has 23 heavy (non-hydrogen) atoms. The maximum atomic E-state index is 12.4. The molecule has 0 spiro atoms. The number of rotatable bonds is 4. The van der Waals surface area contributed by atoms with Crippen molar-refractivity contribution in [3.8, 4) is 11.5 Å². The summed E-state index contributed by atoms with van der Waals surface area (Å²) in [5.74, 6) is 1.07. The SMILES string of the molecule is O=C(NC1CCCCC1O)c1cccc(Oc2ccncc2)c1. The van der Waals surface area contributed by atoms with Crippen LogP contribution in [0.4, 0.5) is 0 Å². The van der Waals surface area contributed by atoms with Crippen molar-refractivity contribution in [1.29, 1.82) is 0 Å². The molecule has 2 atom stereocenters. The molecule has 1 aliphatic carbocycles. The van der Waals surface area contributed by atoms with Crippen LogP contribution in [0.5, 0.6) is 11.5 Å². The van der Waals surface area contributed by atoms with Crippen molar-refractivity contribution in [1.82, 2.24) is 10.3 Å². The van der Waals surface area contributed by atoms with Crippen molar-refractivity contribution in [2.24, 2.45) is 0 Å². The van der Waals surface area contributed by atoms with Crippen molar-refractivity contribution in [2.45, 2.75) is 37.8 Å². The van der Waals surface area contributed by atoms with Gasteiger partial charge < -0.3 is 15.2 Å². The maximum absolute atomic E-state index is 12.4. The first-order valence-corrected chi connectivity index (χ1v) is 7.89. The summed E-state index contributed by atoms with van der Waals surface area (Å²) < 4.78 is 5.71. The molecule has 0 saturated heterocycles. The number of nitrogens with one attached hydrogen (secondary N) is 1. The highest BCUT2D eigenvalue weighted by atomic mass is 16.5. The molecule has 1 aliphatic rings. The van der Waals surface area contributed by atoms with Gasteiger partial charge in [0.2, 0.25) is 0 Å². The Labute approximate surface area is 135 Å². The summed E-state index contributed by atoms with van der Waals surface area (Å²) in [5, 5.41) is 12.9. The van der Waals surface area contributed by atoms with Crippen molar-refractivity contribution in [3.63, 3.8) is 0 Å². The molecule has 0 radical (unpaired) electrons. The lowest BCUT2D eigenvalue weighted by Crippen LogP contribution is -2.45. The molecular weight excluding hydrogens is 292 g/mol. The van der Waals surface area contributed by atoms with E-state index < -0.39 is 6.10 Å². The maximum Gasteiger partial charge on any atom is 0.251 e. The first-order chi connectivity index (χ1) is 11.2. The summed E-state index contributed by atoms with van der Waals surface area (Å²) in [7, 11) is 0. The van der Waals surface area contributed by atoms with E-state index in [1.807, 2.05) is 0 Å². The molecule has 3 rings (SSSR count).